The Morgan fingerprint density at radius 3 is 1.48 bits per heavy atom. The summed E-state index contributed by atoms with van der Waals surface area (Å²) in [4.78, 5) is 12.4. The number of benzene rings is 3. The van der Waals surface area contributed by atoms with Gasteiger partial charge >= 0.3 is 5.97 Å². The molecule has 1 unspecified atom stereocenters. The van der Waals surface area contributed by atoms with E-state index in [2.05, 4.69) is 0 Å². The lowest BCUT2D eigenvalue weighted by Gasteiger charge is -2.37. The van der Waals surface area contributed by atoms with Crippen LogP contribution < -0.4 is 0 Å². The van der Waals surface area contributed by atoms with Gasteiger partial charge in [-0.2, -0.15) is 0 Å². The van der Waals surface area contributed by atoms with Crippen molar-refractivity contribution in [3.8, 4) is 0 Å². The summed E-state index contributed by atoms with van der Waals surface area (Å²) < 4.78 is 11.7. The molecule has 3 aromatic carbocycles. The van der Waals surface area contributed by atoms with Gasteiger partial charge in [0.15, 0.2) is 6.10 Å². The number of carbonyl (C=O) groups excluding carboxylic acids is 1. The molecule has 1 atom stereocenters. The summed E-state index contributed by atoms with van der Waals surface area (Å²) in [5.74, 6) is -0.371. The van der Waals surface area contributed by atoms with Crippen LogP contribution in [0.1, 0.15) is 30.5 Å². The highest BCUT2D eigenvalue weighted by Gasteiger charge is 2.40. The van der Waals surface area contributed by atoms with Crippen molar-refractivity contribution in [1.29, 1.82) is 0 Å². The fourth-order valence-electron chi connectivity index (χ4n) is 3.30. The molecule has 0 radical (unpaired) electrons. The minimum absolute atomic E-state index is 0.321. The van der Waals surface area contributed by atoms with Crippen LogP contribution in [0.4, 0.5) is 0 Å². The number of carbonyl (C=O) groups is 1. The molecule has 0 N–H and O–H groups in total. The zero-order valence-electron chi connectivity index (χ0n) is 15.7. The molecule has 0 aliphatic heterocycles. The third-order valence-electron chi connectivity index (χ3n) is 4.51. The topological polar surface area (TPSA) is 35.5 Å². The van der Waals surface area contributed by atoms with E-state index < -0.39 is 11.7 Å². The molecule has 3 heteroatoms. The van der Waals surface area contributed by atoms with Crippen molar-refractivity contribution in [3.05, 3.63) is 108 Å². The molecule has 0 saturated carbocycles. The summed E-state index contributed by atoms with van der Waals surface area (Å²) >= 11 is 0. The summed E-state index contributed by atoms with van der Waals surface area (Å²) in [6.45, 7) is 3.85. The molecule has 27 heavy (non-hydrogen) atoms. The monoisotopic (exact) mass is 360 g/mol. The highest BCUT2D eigenvalue weighted by atomic mass is 16.6. The van der Waals surface area contributed by atoms with Gasteiger partial charge in [0.2, 0.25) is 0 Å². The van der Waals surface area contributed by atoms with E-state index in [1.165, 1.54) is 0 Å². The van der Waals surface area contributed by atoms with Gasteiger partial charge in [0.05, 0.1) is 6.61 Å². The van der Waals surface area contributed by atoms with Crippen molar-refractivity contribution in [2.45, 2.75) is 25.6 Å². The lowest BCUT2D eigenvalue weighted by Crippen LogP contribution is -2.39. The number of ether oxygens (including phenoxy) is 2. The maximum atomic E-state index is 12.4. The molecule has 0 aromatic heterocycles. The number of rotatable bonds is 7. The Hall–Kier alpha value is -2.91. The number of esters is 1. The van der Waals surface area contributed by atoms with E-state index in [1.54, 1.807) is 13.8 Å². The van der Waals surface area contributed by atoms with Gasteiger partial charge in [-0.05, 0) is 30.5 Å². The molecule has 0 amide bonds. The molecular formula is C24H24O3. The van der Waals surface area contributed by atoms with Gasteiger partial charge in [0.25, 0.3) is 0 Å². The predicted octanol–water partition coefficient (Wildman–Crippen LogP) is 4.95. The number of hydrogen-bond acceptors (Lipinski definition) is 3. The average Bonchev–Trinajstić information content (AvgIpc) is 2.74. The smallest absolute Gasteiger partial charge is 0.335 e. The van der Waals surface area contributed by atoms with Crippen molar-refractivity contribution >= 4 is 5.97 Å². The van der Waals surface area contributed by atoms with Crippen LogP contribution in [0.2, 0.25) is 0 Å². The van der Waals surface area contributed by atoms with Gasteiger partial charge in [-0.3, -0.25) is 0 Å². The number of hydrogen-bond donors (Lipinski definition) is 0. The Labute approximate surface area is 160 Å². The van der Waals surface area contributed by atoms with Crippen LogP contribution in [0, 0.1) is 0 Å². The molecule has 3 rings (SSSR count). The summed E-state index contributed by atoms with van der Waals surface area (Å²) in [6.07, 6.45) is -0.731. The first kappa shape index (κ1) is 18.9. The second-order valence-corrected chi connectivity index (χ2v) is 6.29. The second-order valence-electron chi connectivity index (χ2n) is 6.29. The zero-order chi connectivity index (χ0) is 19.1. The quantitative estimate of drug-likeness (QED) is 0.442. The van der Waals surface area contributed by atoms with Crippen molar-refractivity contribution in [2.75, 3.05) is 6.61 Å². The van der Waals surface area contributed by atoms with Gasteiger partial charge in [-0.25, -0.2) is 4.79 Å². The highest BCUT2D eigenvalue weighted by molar-refractivity contribution is 5.74. The lowest BCUT2D eigenvalue weighted by atomic mass is 9.80. The summed E-state index contributed by atoms with van der Waals surface area (Å²) in [6, 6.07) is 30.0. The van der Waals surface area contributed by atoms with Crippen molar-refractivity contribution < 1.29 is 14.3 Å². The Morgan fingerprint density at radius 1 is 0.778 bits per heavy atom. The first-order valence-electron chi connectivity index (χ1n) is 9.19. The van der Waals surface area contributed by atoms with E-state index in [-0.39, 0.29) is 5.97 Å². The minimum Gasteiger partial charge on any atom is -0.464 e. The van der Waals surface area contributed by atoms with Crippen molar-refractivity contribution in [2.24, 2.45) is 0 Å². The molecule has 3 aromatic rings. The molecule has 138 valence electrons. The minimum atomic E-state index is -0.921. The molecular weight excluding hydrogens is 336 g/mol. The fraction of sp³-hybridized carbons (Fsp3) is 0.208. The normalized spacial score (nSPS) is 12.4. The van der Waals surface area contributed by atoms with Crippen LogP contribution in [-0.4, -0.2) is 18.7 Å². The van der Waals surface area contributed by atoms with Crippen LogP contribution in [0.25, 0.3) is 0 Å². The van der Waals surface area contributed by atoms with Crippen LogP contribution in [-0.2, 0) is 19.9 Å². The first-order chi connectivity index (χ1) is 13.2. The molecule has 3 nitrogen and oxygen atoms in total. The third-order valence-corrected chi connectivity index (χ3v) is 4.51. The predicted molar refractivity (Wildman–Crippen MR) is 106 cm³/mol. The van der Waals surface area contributed by atoms with E-state index in [9.17, 15) is 4.79 Å². The van der Waals surface area contributed by atoms with Crippen LogP contribution >= 0.6 is 0 Å². The van der Waals surface area contributed by atoms with E-state index in [4.69, 9.17) is 9.47 Å². The SMILES string of the molecule is CCOC(=O)C(C)OC(c1ccccc1)(c1ccccc1)c1ccccc1. The summed E-state index contributed by atoms with van der Waals surface area (Å²) in [5, 5.41) is 0. The van der Waals surface area contributed by atoms with E-state index >= 15 is 0 Å². The Morgan fingerprint density at radius 2 is 1.15 bits per heavy atom. The van der Waals surface area contributed by atoms with Crippen LogP contribution in [0.15, 0.2) is 91.0 Å². The second kappa shape index (κ2) is 8.65. The van der Waals surface area contributed by atoms with Crippen LogP contribution in [0.3, 0.4) is 0 Å². The fourth-order valence-corrected chi connectivity index (χ4v) is 3.30. The molecule has 0 saturated heterocycles. The summed E-state index contributed by atoms with van der Waals surface area (Å²) in [7, 11) is 0. The largest absolute Gasteiger partial charge is 0.464 e. The Bertz CT molecular complexity index is 748. The first-order valence-corrected chi connectivity index (χ1v) is 9.19. The van der Waals surface area contributed by atoms with Crippen molar-refractivity contribution in [3.63, 3.8) is 0 Å². The molecule has 0 aliphatic rings. The van der Waals surface area contributed by atoms with Gasteiger partial charge in [-0.1, -0.05) is 91.0 Å². The lowest BCUT2D eigenvalue weighted by molar-refractivity contribution is -0.162. The molecule has 0 aliphatic carbocycles. The molecule has 0 spiro atoms. The Kier molecular flexibility index (Phi) is 6.05. The van der Waals surface area contributed by atoms with E-state index in [1.807, 2.05) is 91.0 Å². The maximum Gasteiger partial charge on any atom is 0.335 e. The van der Waals surface area contributed by atoms with Crippen LogP contribution in [0.5, 0.6) is 0 Å². The highest BCUT2D eigenvalue weighted by Crippen LogP contribution is 2.41. The summed E-state index contributed by atoms with van der Waals surface area (Å²) in [5.41, 5.74) is 1.95. The van der Waals surface area contributed by atoms with Gasteiger partial charge in [0.1, 0.15) is 5.60 Å². The molecule has 0 fully saturated rings. The van der Waals surface area contributed by atoms with Gasteiger partial charge < -0.3 is 9.47 Å². The zero-order valence-corrected chi connectivity index (χ0v) is 15.7. The standard InChI is InChI=1S/C24H24O3/c1-3-26-23(25)19(2)27-24(20-13-7-4-8-14-20,21-15-9-5-10-16-21)22-17-11-6-12-18-22/h4-19H,3H2,1-2H3. The third kappa shape index (κ3) is 3.93. The van der Waals surface area contributed by atoms with Gasteiger partial charge in [-0.15, -0.1) is 0 Å². The van der Waals surface area contributed by atoms with E-state index in [0.717, 1.165) is 16.7 Å². The molecule has 0 bridgehead atoms. The maximum absolute atomic E-state index is 12.4. The van der Waals surface area contributed by atoms with Crippen molar-refractivity contribution in [1.82, 2.24) is 0 Å². The van der Waals surface area contributed by atoms with E-state index in [0.29, 0.717) is 6.61 Å². The molecule has 0 heterocycles. The Balaban J connectivity index is 2.21. The average molecular weight is 360 g/mol. The van der Waals surface area contributed by atoms with Gasteiger partial charge in [0, 0.05) is 0 Å².